The maximum atomic E-state index is 12.1. The van der Waals surface area contributed by atoms with E-state index in [0.717, 1.165) is 29.0 Å². The minimum absolute atomic E-state index is 0.206. The third-order valence-corrected chi connectivity index (χ3v) is 4.11. The van der Waals surface area contributed by atoms with E-state index in [1.54, 1.807) is 0 Å². The second-order valence-electron chi connectivity index (χ2n) is 5.94. The fourth-order valence-electron chi connectivity index (χ4n) is 2.50. The smallest absolute Gasteiger partial charge is 0.319 e. The number of nitrogens with one attached hydrogen (secondary N) is 2. The van der Waals surface area contributed by atoms with Crippen molar-refractivity contribution < 1.29 is 9.53 Å². The topological polar surface area (TPSA) is 50.4 Å². The largest absolute Gasteiger partial charge is 0.492 e. The second kappa shape index (κ2) is 8.39. The average Bonchev–Trinajstić information content (AvgIpc) is 2.56. The van der Waals surface area contributed by atoms with Gasteiger partial charge in [0.1, 0.15) is 12.4 Å². The van der Waals surface area contributed by atoms with Crippen LogP contribution in [-0.4, -0.2) is 19.2 Å². The van der Waals surface area contributed by atoms with Crippen molar-refractivity contribution in [2.75, 3.05) is 18.5 Å². The summed E-state index contributed by atoms with van der Waals surface area (Å²) in [6.07, 6.45) is 0.882. The van der Waals surface area contributed by atoms with Crippen LogP contribution in [0.2, 0.25) is 0 Å². The molecule has 0 fully saturated rings. The Labute approximate surface area is 144 Å². The van der Waals surface area contributed by atoms with Crippen LogP contribution in [0.4, 0.5) is 10.5 Å². The Hall–Kier alpha value is -2.49. The Bertz CT molecular complexity index is 711. The van der Waals surface area contributed by atoms with Crippen molar-refractivity contribution in [2.45, 2.75) is 34.1 Å². The normalized spacial score (nSPS) is 10.3. The molecule has 0 aliphatic carbocycles. The molecule has 0 bridgehead atoms. The van der Waals surface area contributed by atoms with Gasteiger partial charge < -0.3 is 15.4 Å². The summed E-state index contributed by atoms with van der Waals surface area (Å²) in [5.41, 5.74) is 5.54. The SMILES string of the molecule is CCc1cccc(C)c1NC(=O)NCCOc1ccc(C)c(C)c1. The third-order valence-electron chi connectivity index (χ3n) is 4.11. The average molecular weight is 326 g/mol. The summed E-state index contributed by atoms with van der Waals surface area (Å²) in [6.45, 7) is 9.09. The molecule has 0 spiro atoms. The highest BCUT2D eigenvalue weighted by atomic mass is 16.5. The molecule has 2 rings (SSSR count). The van der Waals surface area contributed by atoms with Crippen LogP contribution >= 0.6 is 0 Å². The Morgan fingerprint density at radius 1 is 1.04 bits per heavy atom. The third kappa shape index (κ3) is 4.75. The number of ether oxygens (including phenoxy) is 1. The lowest BCUT2D eigenvalue weighted by atomic mass is 10.1. The molecule has 0 aliphatic heterocycles. The van der Waals surface area contributed by atoms with Crippen molar-refractivity contribution in [3.8, 4) is 5.75 Å². The molecule has 0 saturated carbocycles. The van der Waals surface area contributed by atoms with Gasteiger partial charge in [-0.2, -0.15) is 0 Å². The molecule has 2 amide bonds. The maximum absolute atomic E-state index is 12.1. The highest BCUT2D eigenvalue weighted by Gasteiger charge is 2.08. The molecule has 24 heavy (non-hydrogen) atoms. The van der Waals surface area contributed by atoms with Crippen LogP contribution in [0.5, 0.6) is 5.75 Å². The molecular weight excluding hydrogens is 300 g/mol. The lowest BCUT2D eigenvalue weighted by Gasteiger charge is -2.14. The maximum Gasteiger partial charge on any atom is 0.319 e. The summed E-state index contributed by atoms with van der Waals surface area (Å²) < 4.78 is 5.67. The van der Waals surface area contributed by atoms with E-state index in [1.165, 1.54) is 11.1 Å². The van der Waals surface area contributed by atoms with E-state index in [2.05, 4.69) is 31.4 Å². The van der Waals surface area contributed by atoms with Crippen molar-refractivity contribution in [1.82, 2.24) is 5.32 Å². The number of carbonyl (C=O) groups is 1. The molecule has 2 aromatic rings. The summed E-state index contributed by atoms with van der Waals surface area (Å²) in [5, 5.41) is 5.77. The molecular formula is C20H26N2O2. The highest BCUT2D eigenvalue weighted by molar-refractivity contribution is 5.91. The van der Waals surface area contributed by atoms with Crippen LogP contribution in [-0.2, 0) is 6.42 Å². The minimum Gasteiger partial charge on any atom is -0.492 e. The first-order chi connectivity index (χ1) is 11.5. The summed E-state index contributed by atoms with van der Waals surface area (Å²) in [7, 11) is 0. The zero-order chi connectivity index (χ0) is 17.5. The second-order valence-corrected chi connectivity index (χ2v) is 5.94. The molecule has 4 heteroatoms. The van der Waals surface area contributed by atoms with Gasteiger partial charge in [0.05, 0.1) is 6.54 Å². The van der Waals surface area contributed by atoms with Crippen LogP contribution in [0.25, 0.3) is 0 Å². The Morgan fingerprint density at radius 2 is 1.83 bits per heavy atom. The van der Waals surface area contributed by atoms with E-state index in [9.17, 15) is 4.79 Å². The first-order valence-electron chi connectivity index (χ1n) is 8.34. The number of hydrogen-bond acceptors (Lipinski definition) is 2. The van der Waals surface area contributed by atoms with Gasteiger partial charge in [0.25, 0.3) is 0 Å². The quantitative estimate of drug-likeness (QED) is 0.774. The molecule has 4 nitrogen and oxygen atoms in total. The number of aryl methyl sites for hydroxylation is 4. The Morgan fingerprint density at radius 3 is 2.54 bits per heavy atom. The summed E-state index contributed by atoms with van der Waals surface area (Å²) in [4.78, 5) is 12.1. The van der Waals surface area contributed by atoms with Gasteiger partial charge in [-0.25, -0.2) is 4.79 Å². The number of benzene rings is 2. The van der Waals surface area contributed by atoms with Crippen LogP contribution in [0.15, 0.2) is 36.4 Å². The molecule has 2 aromatic carbocycles. The number of urea groups is 1. The minimum atomic E-state index is -0.206. The monoisotopic (exact) mass is 326 g/mol. The molecule has 0 unspecified atom stereocenters. The van der Waals surface area contributed by atoms with Crippen LogP contribution in [0, 0.1) is 20.8 Å². The highest BCUT2D eigenvalue weighted by Crippen LogP contribution is 2.20. The van der Waals surface area contributed by atoms with Crippen molar-refractivity contribution >= 4 is 11.7 Å². The molecule has 2 N–H and O–H groups in total. The zero-order valence-electron chi connectivity index (χ0n) is 14.9. The van der Waals surface area contributed by atoms with Gasteiger partial charge in [0.2, 0.25) is 0 Å². The molecule has 0 radical (unpaired) electrons. The van der Waals surface area contributed by atoms with Gasteiger partial charge in [-0.1, -0.05) is 31.2 Å². The van der Waals surface area contributed by atoms with E-state index >= 15 is 0 Å². The Kier molecular flexibility index (Phi) is 6.24. The van der Waals surface area contributed by atoms with Gasteiger partial charge in [0.15, 0.2) is 0 Å². The van der Waals surface area contributed by atoms with E-state index in [1.807, 2.05) is 43.3 Å². The molecule has 0 atom stereocenters. The number of carbonyl (C=O) groups excluding carboxylic acids is 1. The van der Waals surface area contributed by atoms with E-state index < -0.39 is 0 Å². The van der Waals surface area contributed by atoms with Gasteiger partial charge in [-0.15, -0.1) is 0 Å². The Balaban J connectivity index is 1.80. The van der Waals surface area contributed by atoms with Crippen LogP contribution < -0.4 is 15.4 Å². The molecule has 0 aromatic heterocycles. The lowest BCUT2D eigenvalue weighted by molar-refractivity contribution is 0.247. The zero-order valence-corrected chi connectivity index (χ0v) is 14.9. The molecule has 128 valence electrons. The van der Waals surface area contributed by atoms with E-state index in [-0.39, 0.29) is 6.03 Å². The fourth-order valence-corrected chi connectivity index (χ4v) is 2.50. The molecule has 0 aliphatic rings. The van der Waals surface area contributed by atoms with Crippen molar-refractivity contribution in [3.63, 3.8) is 0 Å². The van der Waals surface area contributed by atoms with Gasteiger partial charge >= 0.3 is 6.03 Å². The number of anilines is 1. The summed E-state index contributed by atoms with van der Waals surface area (Å²) in [6, 6.07) is 11.8. The van der Waals surface area contributed by atoms with Crippen molar-refractivity contribution in [1.29, 1.82) is 0 Å². The standard InChI is InChI=1S/C20H26N2O2/c1-5-17-8-6-7-15(3)19(17)22-20(23)21-11-12-24-18-10-9-14(2)16(4)13-18/h6-10,13H,5,11-12H2,1-4H3,(H2,21,22,23). The molecule has 0 saturated heterocycles. The number of para-hydroxylation sites is 1. The van der Waals surface area contributed by atoms with Crippen LogP contribution in [0.3, 0.4) is 0 Å². The van der Waals surface area contributed by atoms with Crippen molar-refractivity contribution in [3.05, 3.63) is 58.7 Å². The number of rotatable bonds is 6. The summed E-state index contributed by atoms with van der Waals surface area (Å²) in [5.74, 6) is 0.826. The first-order valence-corrected chi connectivity index (χ1v) is 8.34. The first kappa shape index (κ1) is 17.9. The van der Waals surface area contributed by atoms with E-state index in [0.29, 0.717) is 13.2 Å². The predicted octanol–water partition coefficient (Wildman–Crippen LogP) is 4.37. The fraction of sp³-hybridized carbons (Fsp3) is 0.350. The van der Waals surface area contributed by atoms with E-state index in [4.69, 9.17) is 4.74 Å². The van der Waals surface area contributed by atoms with Gasteiger partial charge in [-0.3, -0.25) is 0 Å². The number of amides is 2. The number of hydrogen-bond donors (Lipinski definition) is 2. The van der Waals surface area contributed by atoms with Crippen molar-refractivity contribution in [2.24, 2.45) is 0 Å². The van der Waals surface area contributed by atoms with Crippen LogP contribution in [0.1, 0.15) is 29.2 Å². The van der Waals surface area contributed by atoms with Gasteiger partial charge in [0, 0.05) is 5.69 Å². The lowest BCUT2D eigenvalue weighted by Crippen LogP contribution is -2.32. The van der Waals surface area contributed by atoms with Gasteiger partial charge in [-0.05, 0) is 61.6 Å². The molecule has 0 heterocycles. The predicted molar refractivity (Wildman–Crippen MR) is 99.0 cm³/mol. The summed E-state index contributed by atoms with van der Waals surface area (Å²) >= 11 is 0.